The predicted octanol–water partition coefficient (Wildman–Crippen LogP) is 4.90. The summed E-state index contributed by atoms with van der Waals surface area (Å²) in [6.07, 6.45) is 1.59. The first-order chi connectivity index (χ1) is 14.0. The van der Waals surface area contributed by atoms with E-state index in [1.165, 1.54) is 0 Å². The standard InChI is InChI=1S/C23H20ClNO4/c24-18-6-3-4-16(14-18)8-11-23(27)12-9-19(10-13-23)25-22(26)29-21-15-17-5-1-2-7-20(17)28-21/h1-7,14-15,19,27H,9-10,12-13H2,(H,25,26)/t19-,23-. The van der Waals surface area contributed by atoms with Crippen LogP contribution in [0.15, 0.2) is 59.0 Å². The van der Waals surface area contributed by atoms with Gasteiger partial charge in [-0.1, -0.05) is 47.7 Å². The first-order valence-corrected chi connectivity index (χ1v) is 9.85. The number of fused-ring (bicyclic) bond motifs is 1. The van der Waals surface area contributed by atoms with Gasteiger partial charge in [0.2, 0.25) is 0 Å². The zero-order valence-electron chi connectivity index (χ0n) is 15.7. The molecular formula is C23H20ClNO4. The van der Waals surface area contributed by atoms with Crippen molar-refractivity contribution in [2.45, 2.75) is 37.3 Å². The number of hydrogen-bond donors (Lipinski definition) is 2. The van der Waals surface area contributed by atoms with Crippen molar-refractivity contribution in [3.05, 3.63) is 65.2 Å². The second-order valence-corrected chi connectivity index (χ2v) is 7.64. The van der Waals surface area contributed by atoms with Crippen LogP contribution < -0.4 is 10.1 Å². The molecule has 1 amide bonds. The normalized spacial score (nSPS) is 21.2. The summed E-state index contributed by atoms with van der Waals surface area (Å²) < 4.78 is 10.7. The number of halogens is 1. The molecule has 4 rings (SSSR count). The van der Waals surface area contributed by atoms with Gasteiger partial charge in [0.05, 0.1) is 0 Å². The number of nitrogens with one attached hydrogen (secondary N) is 1. The smallest absolute Gasteiger partial charge is 0.415 e. The molecule has 0 radical (unpaired) electrons. The molecule has 0 unspecified atom stereocenters. The van der Waals surface area contributed by atoms with Crippen LogP contribution in [0.2, 0.25) is 5.02 Å². The Morgan fingerprint density at radius 1 is 1.17 bits per heavy atom. The van der Waals surface area contributed by atoms with Crippen molar-refractivity contribution in [2.75, 3.05) is 0 Å². The Hall–Kier alpha value is -2.94. The highest BCUT2D eigenvalue weighted by atomic mass is 35.5. The van der Waals surface area contributed by atoms with Crippen LogP contribution in [0.4, 0.5) is 4.79 Å². The molecule has 1 heterocycles. The van der Waals surface area contributed by atoms with E-state index < -0.39 is 11.7 Å². The fourth-order valence-electron chi connectivity index (χ4n) is 3.41. The lowest BCUT2D eigenvalue weighted by molar-refractivity contribution is 0.0509. The maximum atomic E-state index is 12.2. The highest BCUT2D eigenvalue weighted by molar-refractivity contribution is 6.30. The van der Waals surface area contributed by atoms with E-state index in [1.807, 2.05) is 36.4 Å². The topological polar surface area (TPSA) is 71.7 Å². The Morgan fingerprint density at radius 2 is 1.97 bits per heavy atom. The van der Waals surface area contributed by atoms with Crippen LogP contribution in [0.5, 0.6) is 5.95 Å². The molecule has 3 aromatic rings. The fourth-order valence-corrected chi connectivity index (χ4v) is 3.61. The van der Waals surface area contributed by atoms with E-state index in [-0.39, 0.29) is 12.0 Å². The van der Waals surface area contributed by atoms with E-state index in [4.69, 9.17) is 20.8 Å². The molecule has 0 aliphatic heterocycles. The summed E-state index contributed by atoms with van der Waals surface area (Å²) in [7, 11) is 0. The van der Waals surface area contributed by atoms with Crippen LogP contribution in [-0.4, -0.2) is 22.8 Å². The van der Waals surface area contributed by atoms with Gasteiger partial charge in [-0.05, 0) is 49.9 Å². The fraction of sp³-hybridized carbons (Fsp3) is 0.261. The summed E-state index contributed by atoms with van der Waals surface area (Å²) >= 11 is 5.96. The van der Waals surface area contributed by atoms with Crippen molar-refractivity contribution in [1.82, 2.24) is 5.32 Å². The number of hydrogen-bond acceptors (Lipinski definition) is 4. The lowest BCUT2D eigenvalue weighted by Gasteiger charge is -2.32. The molecule has 2 aromatic carbocycles. The number of aliphatic hydroxyl groups is 1. The summed E-state index contributed by atoms with van der Waals surface area (Å²) in [6, 6.07) is 16.3. The van der Waals surface area contributed by atoms with Crippen molar-refractivity contribution in [3.63, 3.8) is 0 Å². The monoisotopic (exact) mass is 409 g/mol. The molecule has 29 heavy (non-hydrogen) atoms. The number of ether oxygens (including phenoxy) is 1. The van der Waals surface area contributed by atoms with Gasteiger partial charge >= 0.3 is 6.09 Å². The minimum Gasteiger partial charge on any atom is -0.425 e. The first-order valence-electron chi connectivity index (χ1n) is 9.47. The molecule has 1 fully saturated rings. The van der Waals surface area contributed by atoms with Crippen LogP contribution in [0, 0.1) is 11.8 Å². The Balaban J connectivity index is 1.30. The van der Waals surface area contributed by atoms with E-state index in [0.29, 0.717) is 36.3 Å². The zero-order chi connectivity index (χ0) is 20.3. The first kappa shape index (κ1) is 19.4. The van der Waals surface area contributed by atoms with Crippen molar-refractivity contribution in [2.24, 2.45) is 0 Å². The summed E-state index contributed by atoms with van der Waals surface area (Å²) in [5.74, 6) is 6.10. The van der Waals surface area contributed by atoms with Crippen molar-refractivity contribution < 1.29 is 19.1 Å². The van der Waals surface area contributed by atoms with E-state index in [2.05, 4.69) is 17.2 Å². The number of rotatable bonds is 2. The van der Waals surface area contributed by atoms with Crippen molar-refractivity contribution >= 4 is 28.7 Å². The Morgan fingerprint density at radius 3 is 2.72 bits per heavy atom. The van der Waals surface area contributed by atoms with Gasteiger partial charge in [-0.15, -0.1) is 0 Å². The molecular weight excluding hydrogens is 390 g/mol. The van der Waals surface area contributed by atoms with Gasteiger partial charge in [0.25, 0.3) is 5.95 Å². The molecule has 1 aliphatic rings. The number of amides is 1. The lowest BCUT2D eigenvalue weighted by atomic mass is 9.82. The number of carbonyl (C=O) groups is 1. The Bertz CT molecular complexity index is 1050. The maximum absolute atomic E-state index is 12.2. The molecule has 148 valence electrons. The summed E-state index contributed by atoms with van der Waals surface area (Å²) in [5.41, 5.74) is 0.361. The summed E-state index contributed by atoms with van der Waals surface area (Å²) in [5, 5.41) is 15.0. The SMILES string of the molecule is O=C(N[C@H]1CC[C@@](O)(C#Cc2cccc(Cl)c2)CC1)Oc1cc2ccccc2o1. The molecule has 1 saturated carbocycles. The predicted molar refractivity (Wildman–Crippen MR) is 111 cm³/mol. The second-order valence-electron chi connectivity index (χ2n) is 7.20. The highest BCUT2D eigenvalue weighted by Gasteiger charge is 2.32. The van der Waals surface area contributed by atoms with Gasteiger partial charge in [0, 0.05) is 28.1 Å². The molecule has 0 saturated heterocycles. The average Bonchev–Trinajstić information content (AvgIpc) is 3.11. The van der Waals surface area contributed by atoms with Gasteiger partial charge in [0.1, 0.15) is 11.2 Å². The molecule has 0 spiro atoms. The number of para-hydroxylation sites is 1. The number of furan rings is 1. The van der Waals surface area contributed by atoms with Crippen LogP contribution >= 0.6 is 11.6 Å². The van der Waals surface area contributed by atoms with E-state index >= 15 is 0 Å². The maximum Gasteiger partial charge on any atom is 0.415 e. The minimum atomic E-state index is -1.07. The van der Waals surface area contributed by atoms with Gasteiger partial charge in [0.15, 0.2) is 0 Å². The third-order valence-corrected chi connectivity index (χ3v) is 5.23. The van der Waals surface area contributed by atoms with Gasteiger partial charge in [-0.2, -0.15) is 0 Å². The van der Waals surface area contributed by atoms with Crippen molar-refractivity contribution in [3.8, 4) is 17.8 Å². The molecule has 1 aliphatic carbocycles. The zero-order valence-corrected chi connectivity index (χ0v) is 16.4. The number of benzene rings is 2. The quantitative estimate of drug-likeness (QED) is 0.590. The Kier molecular flexibility index (Phi) is 5.48. The molecule has 0 bridgehead atoms. The molecule has 5 nitrogen and oxygen atoms in total. The van der Waals surface area contributed by atoms with E-state index in [0.717, 1.165) is 10.9 Å². The third kappa shape index (κ3) is 4.92. The molecule has 1 aromatic heterocycles. The van der Waals surface area contributed by atoms with E-state index in [9.17, 15) is 9.90 Å². The van der Waals surface area contributed by atoms with Gasteiger partial charge in [-0.25, -0.2) is 4.79 Å². The largest absolute Gasteiger partial charge is 0.425 e. The van der Waals surface area contributed by atoms with E-state index in [1.54, 1.807) is 18.2 Å². The molecule has 0 atom stereocenters. The minimum absolute atomic E-state index is 0.0832. The molecule has 2 N–H and O–H groups in total. The Labute approximate surface area is 173 Å². The number of carbonyl (C=O) groups excluding carboxylic acids is 1. The average molecular weight is 410 g/mol. The van der Waals surface area contributed by atoms with Gasteiger partial charge in [-0.3, -0.25) is 0 Å². The van der Waals surface area contributed by atoms with Crippen LogP contribution in [0.3, 0.4) is 0 Å². The second kappa shape index (κ2) is 8.20. The lowest BCUT2D eigenvalue weighted by Crippen LogP contribution is -2.43. The van der Waals surface area contributed by atoms with Gasteiger partial charge < -0.3 is 19.6 Å². The summed E-state index contributed by atoms with van der Waals surface area (Å²) in [6.45, 7) is 0. The molecule has 6 heteroatoms. The van der Waals surface area contributed by atoms with Crippen LogP contribution in [0.1, 0.15) is 31.2 Å². The van der Waals surface area contributed by atoms with Crippen LogP contribution in [-0.2, 0) is 0 Å². The summed E-state index contributed by atoms with van der Waals surface area (Å²) in [4.78, 5) is 12.2. The van der Waals surface area contributed by atoms with Crippen molar-refractivity contribution in [1.29, 1.82) is 0 Å². The highest BCUT2D eigenvalue weighted by Crippen LogP contribution is 2.29. The van der Waals surface area contributed by atoms with Crippen LogP contribution in [0.25, 0.3) is 11.0 Å². The third-order valence-electron chi connectivity index (χ3n) is 5.00.